The predicted molar refractivity (Wildman–Crippen MR) is 22.5 cm³/mol. The molecular weight excluding hydrogens is 125 g/mol. The van der Waals surface area contributed by atoms with Crippen molar-refractivity contribution in [1.82, 2.24) is 0 Å². The van der Waals surface area contributed by atoms with Gasteiger partial charge in [0.2, 0.25) is 0 Å². The second-order valence-corrected chi connectivity index (χ2v) is 1.72. The summed E-state index contributed by atoms with van der Waals surface area (Å²) < 4.78 is 22.7. The molecule has 0 saturated heterocycles. The highest BCUT2D eigenvalue weighted by atomic mass is 35.5. The number of aliphatic hydroxyl groups excluding tert-OH is 1. The van der Waals surface area contributed by atoms with Crippen molar-refractivity contribution in [1.29, 1.82) is 0 Å². The van der Waals surface area contributed by atoms with Gasteiger partial charge in [0.25, 0.3) is 0 Å². The van der Waals surface area contributed by atoms with Gasteiger partial charge in [-0.25, -0.2) is 0 Å². The zero-order valence-electron chi connectivity index (χ0n) is 3.66. The van der Waals surface area contributed by atoms with Gasteiger partial charge in [0, 0.05) is 0 Å². The Hall–Kier alpha value is 0.110. The normalized spacial score (nSPS) is 16.7. The zero-order chi connectivity index (χ0) is 6.08. The Balaban J connectivity index is 3.54. The molecule has 0 aliphatic heterocycles. The maximum atomic E-state index is 11.4. The van der Waals surface area contributed by atoms with Crippen molar-refractivity contribution >= 4 is 11.6 Å². The van der Waals surface area contributed by atoms with E-state index < -0.39 is 11.5 Å². The molecular formula is C3H5ClF2O. The molecule has 0 aliphatic carbocycles. The van der Waals surface area contributed by atoms with Crippen molar-refractivity contribution in [2.45, 2.75) is 18.4 Å². The highest BCUT2D eigenvalue weighted by molar-refractivity contribution is 6.22. The molecule has 44 valence electrons. The fourth-order valence-corrected chi connectivity index (χ4v) is 0. The SMILES string of the molecule is CC(O)C(F)(F)Cl. The van der Waals surface area contributed by atoms with Crippen LogP contribution in [0.5, 0.6) is 0 Å². The highest BCUT2D eigenvalue weighted by Crippen LogP contribution is 2.22. The second-order valence-electron chi connectivity index (χ2n) is 1.22. The molecule has 1 nitrogen and oxygen atoms in total. The molecule has 1 unspecified atom stereocenters. The van der Waals surface area contributed by atoms with Crippen molar-refractivity contribution in [3.63, 3.8) is 0 Å². The number of alkyl halides is 3. The van der Waals surface area contributed by atoms with Crippen LogP contribution in [0.3, 0.4) is 0 Å². The van der Waals surface area contributed by atoms with Crippen LogP contribution in [0.2, 0.25) is 0 Å². The summed E-state index contributed by atoms with van der Waals surface area (Å²) in [5, 5.41) is 4.53. The fraction of sp³-hybridized carbons (Fsp3) is 1.00. The van der Waals surface area contributed by atoms with Gasteiger partial charge in [-0.2, -0.15) is 8.78 Å². The Bertz CT molecular complexity index is 58.4. The zero-order valence-corrected chi connectivity index (χ0v) is 4.41. The fourth-order valence-electron chi connectivity index (χ4n) is 0. The van der Waals surface area contributed by atoms with Crippen molar-refractivity contribution in [2.75, 3.05) is 0 Å². The molecule has 0 aromatic heterocycles. The van der Waals surface area contributed by atoms with E-state index in [0.717, 1.165) is 6.92 Å². The molecule has 0 aromatic carbocycles. The first-order valence-corrected chi connectivity index (χ1v) is 2.07. The Morgan fingerprint density at radius 3 is 1.86 bits per heavy atom. The lowest BCUT2D eigenvalue weighted by Crippen LogP contribution is -2.23. The van der Waals surface area contributed by atoms with Gasteiger partial charge in [0.15, 0.2) is 0 Å². The predicted octanol–water partition coefficient (Wildman–Crippen LogP) is 1.20. The van der Waals surface area contributed by atoms with Gasteiger partial charge in [-0.15, -0.1) is 0 Å². The molecule has 0 fully saturated rings. The number of hydrogen-bond acceptors (Lipinski definition) is 1. The van der Waals surface area contributed by atoms with Crippen LogP contribution in [0, 0.1) is 0 Å². The number of aliphatic hydroxyl groups is 1. The monoisotopic (exact) mass is 130 g/mol. The number of hydrogen-bond donors (Lipinski definition) is 1. The summed E-state index contributed by atoms with van der Waals surface area (Å²) in [6.07, 6.45) is -1.77. The maximum Gasteiger partial charge on any atom is 0.346 e. The third kappa shape index (κ3) is 2.76. The molecule has 7 heavy (non-hydrogen) atoms. The van der Waals surface area contributed by atoms with Crippen LogP contribution < -0.4 is 0 Å². The Kier molecular flexibility index (Phi) is 1.95. The van der Waals surface area contributed by atoms with Crippen LogP contribution in [0.25, 0.3) is 0 Å². The molecule has 0 heterocycles. The molecule has 0 amide bonds. The van der Waals surface area contributed by atoms with E-state index in [0.29, 0.717) is 0 Å². The average molecular weight is 131 g/mol. The minimum atomic E-state index is -3.47. The van der Waals surface area contributed by atoms with E-state index in [1.54, 1.807) is 0 Å². The van der Waals surface area contributed by atoms with Gasteiger partial charge in [-0.3, -0.25) is 0 Å². The van der Waals surface area contributed by atoms with Crippen molar-refractivity contribution < 1.29 is 13.9 Å². The first-order chi connectivity index (χ1) is 2.94. The summed E-state index contributed by atoms with van der Waals surface area (Å²) >= 11 is 4.28. The molecule has 0 rings (SSSR count). The topological polar surface area (TPSA) is 20.2 Å². The average Bonchev–Trinajstić information content (AvgIpc) is 1.31. The lowest BCUT2D eigenvalue weighted by atomic mass is 10.4. The van der Waals surface area contributed by atoms with Gasteiger partial charge in [0.05, 0.1) is 0 Å². The molecule has 0 bridgehead atoms. The van der Waals surface area contributed by atoms with Crippen molar-refractivity contribution in [3.8, 4) is 0 Å². The van der Waals surface area contributed by atoms with E-state index in [4.69, 9.17) is 5.11 Å². The molecule has 1 atom stereocenters. The van der Waals surface area contributed by atoms with E-state index in [1.165, 1.54) is 0 Å². The van der Waals surface area contributed by atoms with Crippen LogP contribution in [0.4, 0.5) is 8.78 Å². The quantitative estimate of drug-likeness (QED) is 0.529. The molecule has 0 aliphatic rings. The summed E-state index contributed by atoms with van der Waals surface area (Å²) in [7, 11) is 0. The smallest absolute Gasteiger partial charge is 0.346 e. The van der Waals surface area contributed by atoms with Crippen molar-refractivity contribution in [2.24, 2.45) is 0 Å². The molecule has 1 N–H and O–H groups in total. The molecule has 0 radical (unpaired) electrons. The van der Waals surface area contributed by atoms with Gasteiger partial charge in [-0.05, 0) is 18.5 Å². The van der Waals surface area contributed by atoms with Gasteiger partial charge in [-0.1, -0.05) is 0 Å². The van der Waals surface area contributed by atoms with Crippen LogP contribution in [-0.4, -0.2) is 16.6 Å². The number of rotatable bonds is 1. The summed E-state index contributed by atoms with van der Waals surface area (Å²) in [6, 6.07) is 0. The van der Waals surface area contributed by atoms with E-state index in [1.807, 2.05) is 0 Å². The van der Waals surface area contributed by atoms with E-state index in [-0.39, 0.29) is 0 Å². The maximum absolute atomic E-state index is 11.4. The molecule has 4 heteroatoms. The van der Waals surface area contributed by atoms with Crippen LogP contribution in [0.1, 0.15) is 6.92 Å². The van der Waals surface area contributed by atoms with E-state index in [2.05, 4.69) is 11.6 Å². The van der Waals surface area contributed by atoms with E-state index >= 15 is 0 Å². The van der Waals surface area contributed by atoms with Gasteiger partial charge >= 0.3 is 5.38 Å². The third-order valence-corrected chi connectivity index (χ3v) is 0.790. The standard InChI is InChI=1S/C3H5ClF2O/c1-2(7)3(4,5)6/h2,7H,1H3. The summed E-state index contributed by atoms with van der Waals surface area (Å²) in [5.74, 6) is 0. The minimum Gasteiger partial charge on any atom is -0.386 e. The lowest BCUT2D eigenvalue weighted by Gasteiger charge is -2.08. The number of halogens is 3. The summed E-state index contributed by atoms with van der Waals surface area (Å²) in [4.78, 5) is 0. The third-order valence-electron chi connectivity index (χ3n) is 0.474. The largest absolute Gasteiger partial charge is 0.386 e. The molecule has 0 aromatic rings. The van der Waals surface area contributed by atoms with Crippen LogP contribution >= 0.6 is 11.6 Å². The van der Waals surface area contributed by atoms with Crippen LogP contribution in [-0.2, 0) is 0 Å². The van der Waals surface area contributed by atoms with E-state index in [9.17, 15) is 8.78 Å². The Labute approximate surface area is 44.9 Å². The van der Waals surface area contributed by atoms with Gasteiger partial charge in [0.1, 0.15) is 6.10 Å². The summed E-state index contributed by atoms with van der Waals surface area (Å²) in [5.41, 5.74) is 0. The Morgan fingerprint density at radius 1 is 1.71 bits per heavy atom. The highest BCUT2D eigenvalue weighted by Gasteiger charge is 2.31. The second kappa shape index (κ2) is 1.92. The molecule has 0 spiro atoms. The lowest BCUT2D eigenvalue weighted by molar-refractivity contribution is -0.0299. The molecule has 0 saturated carbocycles. The van der Waals surface area contributed by atoms with Gasteiger partial charge < -0.3 is 5.11 Å². The van der Waals surface area contributed by atoms with Crippen LogP contribution in [0.15, 0.2) is 0 Å². The van der Waals surface area contributed by atoms with Crippen molar-refractivity contribution in [3.05, 3.63) is 0 Å². The first kappa shape index (κ1) is 7.11. The minimum absolute atomic E-state index is 0.924. The Morgan fingerprint density at radius 2 is 1.86 bits per heavy atom. The summed E-state index contributed by atoms with van der Waals surface area (Å²) in [6.45, 7) is 0.924. The first-order valence-electron chi connectivity index (χ1n) is 1.69.